The second kappa shape index (κ2) is 5.24. The molecule has 0 aliphatic carbocycles. The van der Waals surface area contributed by atoms with Crippen LogP contribution < -0.4 is 4.74 Å². The molecule has 1 heterocycles. The summed E-state index contributed by atoms with van der Waals surface area (Å²) in [6.07, 6.45) is 7.61. The minimum Gasteiger partial charge on any atom is -0.508 e. The topological polar surface area (TPSA) is 29.5 Å². The van der Waals surface area contributed by atoms with Crippen LogP contribution in [0.4, 0.5) is 0 Å². The molecular formula is C14H20O2. The van der Waals surface area contributed by atoms with Crippen molar-refractivity contribution in [3.05, 3.63) is 23.8 Å². The highest BCUT2D eigenvalue weighted by atomic mass is 16.5. The molecule has 1 aliphatic rings. The lowest BCUT2D eigenvalue weighted by Gasteiger charge is -2.09. The van der Waals surface area contributed by atoms with Gasteiger partial charge in [0, 0.05) is 12.5 Å². The Morgan fingerprint density at radius 1 is 1.31 bits per heavy atom. The molecule has 2 nitrogen and oxygen atoms in total. The maximum absolute atomic E-state index is 9.35. The zero-order valence-electron chi connectivity index (χ0n) is 9.91. The number of hydrogen-bond acceptors (Lipinski definition) is 2. The first kappa shape index (κ1) is 11.3. The Labute approximate surface area is 97.3 Å². The van der Waals surface area contributed by atoms with Crippen molar-refractivity contribution in [2.45, 2.75) is 51.6 Å². The standard InChI is InChI=1S/C14H20O2/c1-2-3-4-5-6-13-9-11-7-8-12(15)10-14(11)16-13/h7-8,10,13,15H,2-6,9H2,1H3. The number of phenols is 1. The number of unbranched alkanes of at least 4 members (excludes halogenated alkanes) is 3. The van der Waals surface area contributed by atoms with E-state index in [0.717, 1.165) is 18.6 Å². The highest BCUT2D eigenvalue weighted by Gasteiger charge is 2.22. The zero-order valence-corrected chi connectivity index (χ0v) is 9.91. The SMILES string of the molecule is CCCCCCC1Cc2ccc(O)cc2O1. The van der Waals surface area contributed by atoms with Crippen molar-refractivity contribution in [3.63, 3.8) is 0 Å². The Morgan fingerprint density at radius 2 is 2.19 bits per heavy atom. The van der Waals surface area contributed by atoms with Gasteiger partial charge in [-0.2, -0.15) is 0 Å². The summed E-state index contributed by atoms with van der Waals surface area (Å²) in [5.41, 5.74) is 1.23. The van der Waals surface area contributed by atoms with E-state index in [-0.39, 0.29) is 0 Å². The van der Waals surface area contributed by atoms with Crippen molar-refractivity contribution < 1.29 is 9.84 Å². The molecule has 0 aromatic heterocycles. The van der Waals surface area contributed by atoms with Crippen molar-refractivity contribution in [2.24, 2.45) is 0 Å². The normalized spacial score (nSPS) is 18.2. The first-order chi connectivity index (χ1) is 7.79. The molecule has 0 radical (unpaired) electrons. The molecule has 0 saturated carbocycles. The van der Waals surface area contributed by atoms with Crippen LogP contribution in [0.2, 0.25) is 0 Å². The lowest BCUT2D eigenvalue weighted by molar-refractivity contribution is 0.216. The minimum absolute atomic E-state index is 0.297. The van der Waals surface area contributed by atoms with E-state index in [9.17, 15) is 5.11 Å². The van der Waals surface area contributed by atoms with Gasteiger partial charge in [-0.3, -0.25) is 0 Å². The largest absolute Gasteiger partial charge is 0.508 e. The number of aromatic hydroxyl groups is 1. The second-order valence-electron chi connectivity index (χ2n) is 4.59. The summed E-state index contributed by atoms with van der Waals surface area (Å²) in [6, 6.07) is 5.43. The van der Waals surface area contributed by atoms with E-state index in [1.165, 1.54) is 31.2 Å². The predicted octanol–water partition coefficient (Wildman–Crippen LogP) is 3.67. The molecule has 1 aliphatic heterocycles. The molecule has 2 heteroatoms. The molecule has 0 fully saturated rings. The lowest BCUT2D eigenvalue weighted by atomic mass is 10.0. The molecule has 88 valence electrons. The Hall–Kier alpha value is -1.18. The van der Waals surface area contributed by atoms with Gasteiger partial charge in [-0.1, -0.05) is 32.3 Å². The fraction of sp³-hybridized carbons (Fsp3) is 0.571. The fourth-order valence-corrected chi connectivity index (χ4v) is 2.25. The second-order valence-corrected chi connectivity index (χ2v) is 4.59. The van der Waals surface area contributed by atoms with Gasteiger partial charge < -0.3 is 9.84 Å². The molecule has 0 saturated heterocycles. The first-order valence-corrected chi connectivity index (χ1v) is 6.28. The van der Waals surface area contributed by atoms with Crippen LogP contribution in [0.1, 0.15) is 44.6 Å². The number of ether oxygens (including phenoxy) is 1. The Balaban J connectivity index is 1.81. The van der Waals surface area contributed by atoms with E-state index in [0.29, 0.717) is 11.9 Å². The van der Waals surface area contributed by atoms with Gasteiger partial charge in [-0.15, -0.1) is 0 Å². The summed E-state index contributed by atoms with van der Waals surface area (Å²) in [5.74, 6) is 1.17. The summed E-state index contributed by atoms with van der Waals surface area (Å²) in [6.45, 7) is 2.23. The van der Waals surface area contributed by atoms with E-state index >= 15 is 0 Å². The summed E-state index contributed by atoms with van der Waals surface area (Å²) >= 11 is 0. The van der Waals surface area contributed by atoms with Crippen molar-refractivity contribution >= 4 is 0 Å². The van der Waals surface area contributed by atoms with Gasteiger partial charge in [0.25, 0.3) is 0 Å². The van der Waals surface area contributed by atoms with Gasteiger partial charge in [-0.05, 0) is 24.5 Å². The van der Waals surface area contributed by atoms with Gasteiger partial charge >= 0.3 is 0 Å². The number of hydrogen-bond donors (Lipinski definition) is 1. The van der Waals surface area contributed by atoms with Crippen LogP contribution in [-0.4, -0.2) is 11.2 Å². The molecule has 1 aromatic carbocycles. The molecule has 1 atom stereocenters. The molecule has 0 spiro atoms. The zero-order chi connectivity index (χ0) is 11.4. The van der Waals surface area contributed by atoms with Crippen LogP contribution >= 0.6 is 0 Å². The van der Waals surface area contributed by atoms with E-state index in [2.05, 4.69) is 6.92 Å². The van der Waals surface area contributed by atoms with Gasteiger partial charge in [0.05, 0.1) is 0 Å². The molecule has 2 rings (SSSR count). The van der Waals surface area contributed by atoms with Crippen molar-refractivity contribution in [2.75, 3.05) is 0 Å². The number of rotatable bonds is 5. The molecular weight excluding hydrogens is 200 g/mol. The van der Waals surface area contributed by atoms with Crippen LogP contribution in [0.15, 0.2) is 18.2 Å². The van der Waals surface area contributed by atoms with Crippen LogP contribution in [0.3, 0.4) is 0 Å². The number of phenolic OH excluding ortho intramolecular Hbond substituents is 1. The molecule has 1 N–H and O–H groups in total. The third kappa shape index (κ3) is 2.69. The van der Waals surface area contributed by atoms with E-state index < -0.39 is 0 Å². The summed E-state index contributed by atoms with van der Waals surface area (Å²) < 4.78 is 5.81. The summed E-state index contributed by atoms with van der Waals surface area (Å²) in [7, 11) is 0. The highest BCUT2D eigenvalue weighted by Crippen LogP contribution is 2.33. The van der Waals surface area contributed by atoms with Crippen molar-refractivity contribution in [1.29, 1.82) is 0 Å². The summed E-state index contributed by atoms with van der Waals surface area (Å²) in [4.78, 5) is 0. The van der Waals surface area contributed by atoms with Crippen molar-refractivity contribution in [1.82, 2.24) is 0 Å². The minimum atomic E-state index is 0.297. The fourth-order valence-electron chi connectivity index (χ4n) is 2.25. The van der Waals surface area contributed by atoms with Crippen LogP contribution in [0.25, 0.3) is 0 Å². The summed E-state index contributed by atoms with van der Waals surface area (Å²) in [5, 5.41) is 9.35. The molecule has 16 heavy (non-hydrogen) atoms. The van der Waals surface area contributed by atoms with Gasteiger partial charge in [0.1, 0.15) is 17.6 Å². The molecule has 1 unspecified atom stereocenters. The van der Waals surface area contributed by atoms with Crippen molar-refractivity contribution in [3.8, 4) is 11.5 Å². The third-order valence-corrected chi connectivity index (χ3v) is 3.17. The number of benzene rings is 1. The average Bonchev–Trinajstić information content (AvgIpc) is 2.66. The monoisotopic (exact) mass is 220 g/mol. The smallest absolute Gasteiger partial charge is 0.126 e. The number of fused-ring (bicyclic) bond motifs is 1. The van der Waals surface area contributed by atoms with E-state index in [1.54, 1.807) is 12.1 Å². The quantitative estimate of drug-likeness (QED) is 0.767. The first-order valence-electron chi connectivity index (χ1n) is 6.28. The Kier molecular flexibility index (Phi) is 3.70. The molecule has 1 aromatic rings. The van der Waals surface area contributed by atoms with Crippen LogP contribution in [-0.2, 0) is 6.42 Å². The van der Waals surface area contributed by atoms with E-state index in [4.69, 9.17) is 4.74 Å². The lowest BCUT2D eigenvalue weighted by Crippen LogP contribution is -2.12. The van der Waals surface area contributed by atoms with Crippen LogP contribution in [0.5, 0.6) is 11.5 Å². The van der Waals surface area contributed by atoms with Gasteiger partial charge in [-0.25, -0.2) is 0 Å². The van der Waals surface area contributed by atoms with Gasteiger partial charge in [0.15, 0.2) is 0 Å². The maximum atomic E-state index is 9.35. The maximum Gasteiger partial charge on any atom is 0.126 e. The highest BCUT2D eigenvalue weighted by molar-refractivity contribution is 5.42. The van der Waals surface area contributed by atoms with Gasteiger partial charge in [0.2, 0.25) is 0 Å². The Bertz CT molecular complexity index is 347. The molecule has 0 bridgehead atoms. The average molecular weight is 220 g/mol. The van der Waals surface area contributed by atoms with Crippen LogP contribution in [0, 0.1) is 0 Å². The predicted molar refractivity (Wildman–Crippen MR) is 65.0 cm³/mol. The Morgan fingerprint density at radius 3 is 3.00 bits per heavy atom. The van der Waals surface area contributed by atoms with E-state index in [1.807, 2.05) is 6.07 Å². The molecule has 0 amide bonds. The third-order valence-electron chi connectivity index (χ3n) is 3.17.